The summed E-state index contributed by atoms with van der Waals surface area (Å²) in [5, 5.41) is 13.0. The molecular formula is C21H33NO3. The molecule has 0 radical (unpaired) electrons. The van der Waals surface area contributed by atoms with Crippen LogP contribution in [0.25, 0.3) is 0 Å². The van der Waals surface area contributed by atoms with Crippen LogP contribution in [0.4, 0.5) is 0 Å². The smallest absolute Gasteiger partial charge is 0.306 e. The van der Waals surface area contributed by atoms with Crippen molar-refractivity contribution in [3.8, 4) is 5.75 Å². The lowest BCUT2D eigenvalue weighted by atomic mass is 9.85. The summed E-state index contributed by atoms with van der Waals surface area (Å²) in [7, 11) is 0. The number of hydrogen-bond donors (Lipinski definition) is 2. The minimum Gasteiger partial charge on any atom is -0.493 e. The molecule has 1 fully saturated rings. The third-order valence-electron chi connectivity index (χ3n) is 4.98. The van der Waals surface area contributed by atoms with Crippen molar-refractivity contribution < 1.29 is 14.6 Å². The van der Waals surface area contributed by atoms with E-state index in [0.717, 1.165) is 50.9 Å². The maximum absolute atomic E-state index is 11.2. The predicted octanol–water partition coefficient (Wildman–Crippen LogP) is 4.80. The lowest BCUT2D eigenvalue weighted by Crippen LogP contribution is -2.38. The molecule has 4 heteroatoms. The van der Waals surface area contributed by atoms with E-state index in [-0.39, 0.29) is 12.0 Å². The third kappa shape index (κ3) is 6.03. The van der Waals surface area contributed by atoms with E-state index >= 15 is 0 Å². The van der Waals surface area contributed by atoms with E-state index in [1.165, 1.54) is 5.56 Å². The molecule has 1 atom stereocenters. The van der Waals surface area contributed by atoms with Crippen molar-refractivity contribution in [1.29, 1.82) is 0 Å². The molecule has 4 nitrogen and oxygen atoms in total. The van der Waals surface area contributed by atoms with Crippen molar-refractivity contribution >= 4 is 5.97 Å². The average Bonchev–Trinajstić information content (AvgIpc) is 2.59. The average molecular weight is 347 g/mol. The van der Waals surface area contributed by atoms with Gasteiger partial charge in [-0.15, -0.1) is 0 Å². The first-order valence-corrected chi connectivity index (χ1v) is 9.71. The molecule has 0 aromatic heterocycles. The Kier molecular flexibility index (Phi) is 7.76. The van der Waals surface area contributed by atoms with Crippen LogP contribution in [-0.4, -0.2) is 23.7 Å². The Balaban J connectivity index is 2.08. The van der Waals surface area contributed by atoms with Crippen molar-refractivity contribution in [3.05, 3.63) is 29.8 Å². The van der Waals surface area contributed by atoms with Gasteiger partial charge in [0.15, 0.2) is 0 Å². The summed E-state index contributed by atoms with van der Waals surface area (Å²) in [4.78, 5) is 11.2. The lowest BCUT2D eigenvalue weighted by molar-refractivity contribution is -0.142. The highest BCUT2D eigenvalue weighted by Gasteiger charge is 2.28. The largest absolute Gasteiger partial charge is 0.493 e. The number of rotatable bonds is 9. The van der Waals surface area contributed by atoms with Crippen LogP contribution in [0, 0.1) is 11.8 Å². The maximum Gasteiger partial charge on any atom is 0.306 e. The maximum atomic E-state index is 11.2. The molecule has 0 aliphatic heterocycles. The number of carboxylic acid groups (broad SMARTS) is 1. The van der Waals surface area contributed by atoms with Gasteiger partial charge in [-0.1, -0.05) is 39.0 Å². The summed E-state index contributed by atoms with van der Waals surface area (Å²) >= 11 is 0. The van der Waals surface area contributed by atoms with E-state index in [2.05, 4.69) is 44.3 Å². The highest BCUT2D eigenvalue weighted by molar-refractivity contribution is 5.70. The molecule has 0 heterocycles. The van der Waals surface area contributed by atoms with Gasteiger partial charge in [0, 0.05) is 17.6 Å². The van der Waals surface area contributed by atoms with E-state index in [4.69, 9.17) is 4.74 Å². The Hall–Kier alpha value is -1.55. The topological polar surface area (TPSA) is 58.6 Å². The Bertz CT molecular complexity index is 536. The monoisotopic (exact) mass is 347 g/mol. The van der Waals surface area contributed by atoms with Crippen LogP contribution in [0.3, 0.4) is 0 Å². The van der Waals surface area contributed by atoms with Crippen LogP contribution in [0.5, 0.6) is 5.75 Å². The molecule has 1 unspecified atom stereocenters. The van der Waals surface area contributed by atoms with Gasteiger partial charge in [0.1, 0.15) is 5.75 Å². The van der Waals surface area contributed by atoms with Crippen LogP contribution in [-0.2, 0) is 4.79 Å². The van der Waals surface area contributed by atoms with Gasteiger partial charge >= 0.3 is 5.97 Å². The molecular weight excluding hydrogens is 314 g/mol. The number of ether oxygens (including phenoxy) is 1. The fraction of sp³-hybridized carbons (Fsp3) is 0.667. The van der Waals surface area contributed by atoms with Gasteiger partial charge in [0.05, 0.1) is 12.5 Å². The first-order chi connectivity index (χ1) is 12.0. The van der Waals surface area contributed by atoms with Gasteiger partial charge in [-0.3, -0.25) is 4.79 Å². The second-order valence-corrected chi connectivity index (χ2v) is 7.62. The summed E-state index contributed by atoms with van der Waals surface area (Å²) in [6.45, 7) is 7.33. The summed E-state index contributed by atoms with van der Waals surface area (Å²) < 4.78 is 5.97. The molecule has 0 saturated heterocycles. The second-order valence-electron chi connectivity index (χ2n) is 7.62. The third-order valence-corrected chi connectivity index (χ3v) is 4.98. The number of carbonyl (C=O) groups is 1. The Morgan fingerprint density at radius 1 is 1.24 bits per heavy atom. The molecule has 0 bridgehead atoms. The van der Waals surface area contributed by atoms with Crippen LogP contribution in [0.1, 0.15) is 70.9 Å². The minimum atomic E-state index is -0.643. The van der Waals surface area contributed by atoms with Gasteiger partial charge < -0.3 is 15.2 Å². The highest BCUT2D eigenvalue weighted by Crippen LogP contribution is 2.32. The molecule has 1 aromatic carbocycles. The van der Waals surface area contributed by atoms with Crippen molar-refractivity contribution in [2.45, 2.75) is 71.4 Å². The van der Waals surface area contributed by atoms with Crippen molar-refractivity contribution in [2.75, 3.05) is 6.61 Å². The Morgan fingerprint density at radius 2 is 1.92 bits per heavy atom. The summed E-state index contributed by atoms with van der Waals surface area (Å²) in [5.74, 6) is 0.742. The van der Waals surface area contributed by atoms with E-state index < -0.39 is 5.97 Å². The van der Waals surface area contributed by atoms with Gasteiger partial charge in [-0.25, -0.2) is 0 Å². The number of para-hydroxylation sites is 1. The molecule has 0 amide bonds. The normalized spacial score (nSPS) is 21.9. The minimum absolute atomic E-state index is 0.165. The van der Waals surface area contributed by atoms with E-state index in [1.54, 1.807) is 0 Å². The summed E-state index contributed by atoms with van der Waals surface area (Å²) in [6.07, 6.45) is 5.46. The zero-order valence-electron chi connectivity index (χ0n) is 15.8. The Morgan fingerprint density at radius 3 is 2.52 bits per heavy atom. The fourth-order valence-corrected chi connectivity index (χ4v) is 3.66. The number of hydrogen-bond acceptors (Lipinski definition) is 3. The first-order valence-electron chi connectivity index (χ1n) is 9.71. The fourth-order valence-electron chi connectivity index (χ4n) is 3.66. The Labute approximate surface area is 152 Å². The first kappa shape index (κ1) is 19.8. The van der Waals surface area contributed by atoms with Crippen molar-refractivity contribution in [1.82, 2.24) is 5.32 Å². The zero-order chi connectivity index (χ0) is 18.2. The van der Waals surface area contributed by atoms with E-state index in [0.29, 0.717) is 12.0 Å². The molecule has 0 spiro atoms. The van der Waals surface area contributed by atoms with Crippen LogP contribution in [0.15, 0.2) is 24.3 Å². The van der Waals surface area contributed by atoms with E-state index in [1.807, 2.05) is 6.07 Å². The second kappa shape index (κ2) is 9.81. The van der Waals surface area contributed by atoms with Gasteiger partial charge in [-0.2, -0.15) is 0 Å². The molecule has 1 aliphatic rings. The van der Waals surface area contributed by atoms with Crippen LogP contribution >= 0.6 is 0 Å². The highest BCUT2D eigenvalue weighted by atomic mass is 16.5. The van der Waals surface area contributed by atoms with Crippen LogP contribution < -0.4 is 10.1 Å². The molecule has 140 valence electrons. The number of nitrogens with one attached hydrogen (secondary N) is 1. The predicted molar refractivity (Wildman–Crippen MR) is 101 cm³/mol. The molecule has 2 rings (SSSR count). The summed E-state index contributed by atoms with van der Waals surface area (Å²) in [6, 6.07) is 8.96. The molecule has 2 N–H and O–H groups in total. The lowest BCUT2D eigenvalue weighted by Gasteiger charge is -2.32. The molecule has 1 aromatic rings. The molecule has 25 heavy (non-hydrogen) atoms. The van der Waals surface area contributed by atoms with E-state index in [9.17, 15) is 9.90 Å². The zero-order valence-corrected chi connectivity index (χ0v) is 15.8. The van der Waals surface area contributed by atoms with Crippen molar-refractivity contribution in [2.24, 2.45) is 11.8 Å². The van der Waals surface area contributed by atoms with Gasteiger partial charge in [-0.05, 0) is 50.5 Å². The quantitative estimate of drug-likeness (QED) is 0.674. The SMILES string of the molecule is CCCOc1ccccc1C(CC(C)C)NC1CCC(C(=O)O)CC1. The summed E-state index contributed by atoms with van der Waals surface area (Å²) in [5.41, 5.74) is 1.23. The molecule has 1 aliphatic carbocycles. The number of aliphatic carboxylic acids is 1. The van der Waals surface area contributed by atoms with Gasteiger partial charge in [0.2, 0.25) is 0 Å². The van der Waals surface area contributed by atoms with Crippen LogP contribution in [0.2, 0.25) is 0 Å². The standard InChI is InChI=1S/C21H33NO3/c1-4-13-25-20-8-6-5-7-18(20)19(14-15(2)3)22-17-11-9-16(10-12-17)21(23)24/h5-8,15-17,19,22H,4,9-14H2,1-3H3,(H,23,24). The molecule has 1 saturated carbocycles. The van der Waals surface area contributed by atoms with Gasteiger partial charge in [0.25, 0.3) is 0 Å². The number of benzene rings is 1. The number of carboxylic acids is 1. The van der Waals surface area contributed by atoms with Crippen molar-refractivity contribution in [3.63, 3.8) is 0 Å².